The van der Waals surface area contributed by atoms with E-state index in [4.69, 9.17) is 0 Å². The van der Waals surface area contributed by atoms with E-state index in [1.807, 2.05) is 0 Å². The van der Waals surface area contributed by atoms with E-state index in [0.29, 0.717) is 0 Å². The predicted octanol–water partition coefficient (Wildman–Crippen LogP) is 6.14. The van der Waals surface area contributed by atoms with Gasteiger partial charge in [0.2, 0.25) is 0 Å². The van der Waals surface area contributed by atoms with E-state index in [9.17, 15) is 0 Å². The molecule has 2 N–H and O–H groups in total. The third kappa shape index (κ3) is 2.26. The molecule has 0 radical (unpaired) electrons. The summed E-state index contributed by atoms with van der Waals surface area (Å²) in [5.74, 6) is 0.184. The Morgan fingerprint density at radius 1 is 0.577 bits per heavy atom. The van der Waals surface area contributed by atoms with Crippen LogP contribution >= 0.6 is 0 Å². The fraction of sp³-hybridized carbons (Fsp3) is 0.0833. The van der Waals surface area contributed by atoms with Crippen molar-refractivity contribution in [2.45, 2.75) is 12.8 Å². The molecule has 0 bridgehead atoms. The van der Waals surface area contributed by atoms with Crippen LogP contribution in [0.5, 0.6) is 0 Å². The number of para-hydroxylation sites is 2. The SMILES string of the molecule is Cc1ccccc1C(c1c[nH]c2ccccc12)c1c[nH]c2ccccc12. The first-order valence-electron chi connectivity index (χ1n) is 9.00. The van der Waals surface area contributed by atoms with E-state index in [1.165, 1.54) is 44.1 Å². The maximum absolute atomic E-state index is 3.46. The summed E-state index contributed by atoms with van der Waals surface area (Å²) >= 11 is 0. The van der Waals surface area contributed by atoms with Gasteiger partial charge in [0.25, 0.3) is 0 Å². The molecule has 0 aliphatic rings. The number of rotatable bonds is 3. The fourth-order valence-electron chi connectivity index (χ4n) is 4.08. The molecule has 0 spiro atoms. The average Bonchev–Trinajstić information content (AvgIpc) is 3.29. The van der Waals surface area contributed by atoms with Crippen molar-refractivity contribution in [3.05, 3.63) is 107 Å². The molecule has 3 aromatic carbocycles. The Labute approximate surface area is 152 Å². The van der Waals surface area contributed by atoms with Crippen LogP contribution in [0.15, 0.2) is 85.2 Å². The molecule has 0 atom stereocenters. The first-order valence-corrected chi connectivity index (χ1v) is 9.00. The van der Waals surface area contributed by atoms with Crippen LogP contribution < -0.4 is 0 Å². The van der Waals surface area contributed by atoms with Gasteiger partial charge >= 0.3 is 0 Å². The van der Waals surface area contributed by atoms with Crippen LogP contribution in [-0.2, 0) is 0 Å². The summed E-state index contributed by atoms with van der Waals surface area (Å²) in [5, 5.41) is 2.57. The number of benzene rings is 3. The van der Waals surface area contributed by atoms with Crippen LogP contribution in [0.4, 0.5) is 0 Å². The third-order valence-electron chi connectivity index (χ3n) is 5.36. The van der Waals surface area contributed by atoms with Crippen molar-refractivity contribution in [1.29, 1.82) is 0 Å². The zero-order valence-corrected chi connectivity index (χ0v) is 14.7. The highest BCUT2D eigenvalue weighted by Gasteiger charge is 2.24. The number of H-pyrrole nitrogens is 2. The van der Waals surface area contributed by atoms with Crippen LogP contribution in [0, 0.1) is 6.92 Å². The molecular weight excluding hydrogens is 316 g/mol. The van der Waals surface area contributed by atoms with Gasteiger partial charge in [0, 0.05) is 40.1 Å². The van der Waals surface area contributed by atoms with Crippen molar-refractivity contribution in [3.8, 4) is 0 Å². The number of nitrogens with one attached hydrogen (secondary N) is 2. The summed E-state index contributed by atoms with van der Waals surface area (Å²) in [6.45, 7) is 2.20. The van der Waals surface area contributed by atoms with Gasteiger partial charge in [0.15, 0.2) is 0 Å². The number of aromatic nitrogens is 2. The molecule has 2 aromatic heterocycles. The fourth-order valence-corrected chi connectivity index (χ4v) is 4.08. The monoisotopic (exact) mass is 336 g/mol. The standard InChI is InChI=1S/C24H20N2/c1-16-8-2-3-9-17(16)24(20-14-25-22-12-6-4-10-18(20)22)21-15-26-23-13-7-5-11-19(21)23/h2-15,24-26H,1H3. The summed E-state index contributed by atoms with van der Waals surface area (Å²) in [6.07, 6.45) is 4.34. The Hall–Kier alpha value is -3.26. The normalized spacial score (nSPS) is 11.6. The predicted molar refractivity (Wildman–Crippen MR) is 109 cm³/mol. The van der Waals surface area contributed by atoms with Crippen molar-refractivity contribution in [3.63, 3.8) is 0 Å². The lowest BCUT2D eigenvalue weighted by Gasteiger charge is -2.19. The van der Waals surface area contributed by atoms with E-state index in [2.05, 4.69) is 102 Å². The molecule has 5 aromatic rings. The number of fused-ring (bicyclic) bond motifs is 2. The second-order valence-corrected chi connectivity index (χ2v) is 6.87. The summed E-state index contributed by atoms with van der Waals surface area (Å²) < 4.78 is 0. The van der Waals surface area contributed by atoms with Gasteiger partial charge in [0.05, 0.1) is 0 Å². The van der Waals surface area contributed by atoms with Crippen molar-refractivity contribution in [1.82, 2.24) is 9.97 Å². The van der Waals surface area contributed by atoms with E-state index >= 15 is 0 Å². The van der Waals surface area contributed by atoms with Crippen LogP contribution in [0.25, 0.3) is 21.8 Å². The molecule has 2 heterocycles. The number of aromatic amines is 2. The molecule has 5 rings (SSSR count). The smallest absolute Gasteiger partial charge is 0.0457 e. The van der Waals surface area contributed by atoms with Gasteiger partial charge in [-0.25, -0.2) is 0 Å². The molecule has 0 aliphatic heterocycles. The van der Waals surface area contributed by atoms with Crippen LogP contribution in [0.1, 0.15) is 28.2 Å². The molecule has 0 unspecified atom stereocenters. The van der Waals surface area contributed by atoms with E-state index in [0.717, 1.165) is 0 Å². The summed E-state index contributed by atoms with van der Waals surface area (Å²) in [4.78, 5) is 6.92. The van der Waals surface area contributed by atoms with Gasteiger partial charge in [0.1, 0.15) is 0 Å². The quantitative estimate of drug-likeness (QED) is 0.397. The molecule has 0 saturated carbocycles. The second kappa shape index (κ2) is 5.92. The van der Waals surface area contributed by atoms with Crippen molar-refractivity contribution in [2.75, 3.05) is 0 Å². The molecule has 26 heavy (non-hydrogen) atoms. The summed E-state index contributed by atoms with van der Waals surface area (Å²) in [6, 6.07) is 25.8. The van der Waals surface area contributed by atoms with Crippen molar-refractivity contribution < 1.29 is 0 Å². The van der Waals surface area contributed by atoms with Crippen LogP contribution in [0.3, 0.4) is 0 Å². The maximum atomic E-state index is 3.46. The largest absolute Gasteiger partial charge is 0.361 e. The Balaban J connectivity index is 1.83. The average molecular weight is 336 g/mol. The number of hydrogen-bond donors (Lipinski definition) is 2. The Morgan fingerprint density at radius 3 is 1.65 bits per heavy atom. The van der Waals surface area contributed by atoms with Gasteiger partial charge in [-0.15, -0.1) is 0 Å². The highest BCUT2D eigenvalue weighted by Crippen LogP contribution is 2.40. The van der Waals surface area contributed by atoms with Gasteiger partial charge < -0.3 is 9.97 Å². The van der Waals surface area contributed by atoms with E-state index < -0.39 is 0 Å². The van der Waals surface area contributed by atoms with Crippen molar-refractivity contribution >= 4 is 21.8 Å². The molecule has 126 valence electrons. The lowest BCUT2D eigenvalue weighted by molar-refractivity contribution is 0.982. The first kappa shape index (κ1) is 15.0. The van der Waals surface area contributed by atoms with Gasteiger partial charge in [-0.3, -0.25) is 0 Å². The topological polar surface area (TPSA) is 31.6 Å². The van der Waals surface area contributed by atoms with E-state index in [1.54, 1.807) is 0 Å². The molecular formula is C24H20N2. The zero-order chi connectivity index (χ0) is 17.5. The molecule has 0 aliphatic carbocycles. The summed E-state index contributed by atoms with van der Waals surface area (Å²) in [7, 11) is 0. The maximum Gasteiger partial charge on any atom is 0.0457 e. The highest BCUT2D eigenvalue weighted by molar-refractivity contribution is 5.89. The molecule has 0 saturated heterocycles. The van der Waals surface area contributed by atoms with Gasteiger partial charge in [-0.2, -0.15) is 0 Å². The number of aryl methyl sites for hydroxylation is 1. The zero-order valence-electron chi connectivity index (χ0n) is 14.7. The minimum atomic E-state index is 0.184. The van der Waals surface area contributed by atoms with Gasteiger partial charge in [-0.1, -0.05) is 60.7 Å². The Kier molecular flexibility index (Phi) is 3.42. The molecule has 0 fully saturated rings. The minimum absolute atomic E-state index is 0.184. The van der Waals surface area contributed by atoms with Crippen LogP contribution in [0.2, 0.25) is 0 Å². The van der Waals surface area contributed by atoms with Crippen LogP contribution in [-0.4, -0.2) is 9.97 Å². The molecule has 0 amide bonds. The van der Waals surface area contributed by atoms with Gasteiger partial charge in [-0.05, 0) is 41.3 Å². The lowest BCUT2D eigenvalue weighted by atomic mass is 9.83. The lowest BCUT2D eigenvalue weighted by Crippen LogP contribution is -2.04. The highest BCUT2D eigenvalue weighted by atomic mass is 14.7. The Morgan fingerprint density at radius 2 is 1.08 bits per heavy atom. The third-order valence-corrected chi connectivity index (χ3v) is 5.36. The Bertz CT molecular complexity index is 1140. The first-order chi connectivity index (χ1) is 12.8. The van der Waals surface area contributed by atoms with Crippen molar-refractivity contribution in [2.24, 2.45) is 0 Å². The van der Waals surface area contributed by atoms with E-state index in [-0.39, 0.29) is 5.92 Å². The minimum Gasteiger partial charge on any atom is -0.361 e. The second-order valence-electron chi connectivity index (χ2n) is 6.87. The molecule has 2 nitrogen and oxygen atoms in total. The number of hydrogen-bond acceptors (Lipinski definition) is 0. The molecule has 2 heteroatoms. The summed E-state index contributed by atoms with van der Waals surface area (Å²) in [5.41, 5.74) is 7.66.